The number of aryl methyl sites for hydroxylation is 2. The highest BCUT2D eigenvalue weighted by atomic mass is 16.1. The summed E-state index contributed by atoms with van der Waals surface area (Å²) in [5.41, 5.74) is 6.89. The average molecular weight is 208 g/mol. The molecule has 0 saturated carbocycles. The van der Waals surface area contributed by atoms with Gasteiger partial charge in [0.05, 0.1) is 0 Å². The highest BCUT2D eigenvalue weighted by Gasteiger charge is 1.99. The zero-order valence-corrected chi connectivity index (χ0v) is 9.57. The molecule has 1 aromatic rings. The lowest BCUT2D eigenvalue weighted by Crippen LogP contribution is -1.96. The van der Waals surface area contributed by atoms with E-state index in [-0.39, 0.29) is 6.41 Å². The van der Waals surface area contributed by atoms with Gasteiger partial charge in [-0.1, -0.05) is 32.8 Å². The highest BCUT2D eigenvalue weighted by molar-refractivity contribution is 5.42. The SMILES string of the molecule is CCCc1cccnc1CCC.NC=O. The zero-order chi connectivity index (χ0) is 11.5. The Hall–Kier alpha value is -1.38. The van der Waals surface area contributed by atoms with Gasteiger partial charge in [0.15, 0.2) is 0 Å². The van der Waals surface area contributed by atoms with Crippen LogP contribution in [0.1, 0.15) is 37.9 Å². The number of nitrogens with zero attached hydrogens (tertiary/aromatic N) is 1. The monoisotopic (exact) mass is 208 g/mol. The maximum Gasteiger partial charge on any atom is 0.204 e. The zero-order valence-electron chi connectivity index (χ0n) is 9.57. The lowest BCUT2D eigenvalue weighted by molar-refractivity contribution is -0.106. The third-order valence-electron chi connectivity index (χ3n) is 1.99. The molecule has 84 valence electrons. The maximum atomic E-state index is 8.58. The first kappa shape index (κ1) is 13.6. The van der Waals surface area contributed by atoms with Crippen LogP contribution in [0.4, 0.5) is 0 Å². The second-order valence-corrected chi connectivity index (χ2v) is 3.25. The molecule has 2 N–H and O–H groups in total. The molecule has 1 rings (SSSR count). The first-order valence-electron chi connectivity index (χ1n) is 5.38. The van der Waals surface area contributed by atoms with Crippen LogP contribution in [0, 0.1) is 0 Å². The molecule has 1 amide bonds. The van der Waals surface area contributed by atoms with Crippen LogP contribution >= 0.6 is 0 Å². The van der Waals surface area contributed by atoms with Crippen molar-refractivity contribution in [3.63, 3.8) is 0 Å². The van der Waals surface area contributed by atoms with E-state index in [2.05, 4.69) is 30.6 Å². The molecule has 0 radical (unpaired) electrons. The van der Waals surface area contributed by atoms with Gasteiger partial charge in [-0.3, -0.25) is 9.78 Å². The minimum atomic E-state index is 0.250. The van der Waals surface area contributed by atoms with E-state index >= 15 is 0 Å². The van der Waals surface area contributed by atoms with E-state index in [1.54, 1.807) is 0 Å². The van der Waals surface area contributed by atoms with E-state index < -0.39 is 0 Å². The van der Waals surface area contributed by atoms with E-state index in [1.807, 2.05) is 12.3 Å². The van der Waals surface area contributed by atoms with Crippen molar-refractivity contribution in [2.75, 3.05) is 0 Å². The topological polar surface area (TPSA) is 56.0 Å². The molecular weight excluding hydrogens is 188 g/mol. The highest BCUT2D eigenvalue weighted by Crippen LogP contribution is 2.09. The molecule has 0 aliphatic heterocycles. The number of carbonyl (C=O) groups excluding carboxylic acids is 1. The van der Waals surface area contributed by atoms with Crippen molar-refractivity contribution in [2.45, 2.75) is 39.5 Å². The second kappa shape index (κ2) is 9.19. The van der Waals surface area contributed by atoms with Crippen molar-refractivity contribution in [1.82, 2.24) is 4.98 Å². The van der Waals surface area contributed by atoms with Gasteiger partial charge in [0.25, 0.3) is 0 Å². The molecular formula is C12H20N2O. The first-order chi connectivity index (χ1) is 7.29. The Kier molecular flexibility index (Phi) is 8.34. The second-order valence-electron chi connectivity index (χ2n) is 3.25. The Labute approximate surface area is 91.7 Å². The third kappa shape index (κ3) is 5.83. The number of pyridine rings is 1. The van der Waals surface area contributed by atoms with Crippen molar-refractivity contribution < 1.29 is 4.79 Å². The summed E-state index contributed by atoms with van der Waals surface area (Å²) in [6.07, 6.45) is 6.83. The molecule has 0 saturated heterocycles. The predicted molar refractivity (Wildman–Crippen MR) is 62.5 cm³/mol. The number of primary amides is 1. The van der Waals surface area contributed by atoms with Crippen LogP contribution in [0.5, 0.6) is 0 Å². The van der Waals surface area contributed by atoms with Gasteiger partial charge in [-0.05, 0) is 24.5 Å². The number of hydrogen-bond donors (Lipinski definition) is 1. The van der Waals surface area contributed by atoms with Gasteiger partial charge in [0, 0.05) is 11.9 Å². The molecule has 0 fully saturated rings. The molecule has 0 unspecified atom stereocenters. The fraction of sp³-hybridized carbons (Fsp3) is 0.500. The van der Waals surface area contributed by atoms with Crippen LogP contribution in [0.15, 0.2) is 18.3 Å². The van der Waals surface area contributed by atoms with E-state index in [1.165, 1.54) is 30.5 Å². The van der Waals surface area contributed by atoms with Gasteiger partial charge in [-0.25, -0.2) is 0 Å². The minimum Gasteiger partial charge on any atom is -0.372 e. The quantitative estimate of drug-likeness (QED) is 0.770. The van der Waals surface area contributed by atoms with Gasteiger partial charge in [-0.2, -0.15) is 0 Å². The Balaban J connectivity index is 0.000000583. The van der Waals surface area contributed by atoms with Crippen LogP contribution in [0.3, 0.4) is 0 Å². The number of nitrogens with two attached hydrogens (primary N) is 1. The van der Waals surface area contributed by atoms with Crippen LogP contribution in [0.2, 0.25) is 0 Å². The first-order valence-corrected chi connectivity index (χ1v) is 5.38. The van der Waals surface area contributed by atoms with E-state index in [9.17, 15) is 0 Å². The van der Waals surface area contributed by atoms with E-state index in [0.29, 0.717) is 0 Å². The number of aromatic nitrogens is 1. The summed E-state index contributed by atoms with van der Waals surface area (Å²) in [6, 6.07) is 4.23. The number of rotatable bonds is 4. The molecule has 0 aliphatic carbocycles. The van der Waals surface area contributed by atoms with Crippen molar-refractivity contribution in [3.05, 3.63) is 29.6 Å². The van der Waals surface area contributed by atoms with Gasteiger partial charge in [0.2, 0.25) is 6.41 Å². The summed E-state index contributed by atoms with van der Waals surface area (Å²) in [5, 5.41) is 0. The number of hydrogen-bond acceptors (Lipinski definition) is 2. The van der Waals surface area contributed by atoms with Crippen molar-refractivity contribution in [2.24, 2.45) is 5.73 Å². The summed E-state index contributed by atoms with van der Waals surface area (Å²) in [4.78, 5) is 13.0. The number of amides is 1. The Morgan fingerprint density at radius 1 is 1.33 bits per heavy atom. The standard InChI is InChI=1S/C11H17N.CH3NO/c1-3-6-10-8-5-9-12-11(10)7-4-2;2-1-3/h5,8-9H,3-4,6-7H2,1-2H3;1H,(H2,2,3). The summed E-state index contributed by atoms with van der Waals surface area (Å²) >= 11 is 0. The molecule has 3 nitrogen and oxygen atoms in total. The molecule has 15 heavy (non-hydrogen) atoms. The smallest absolute Gasteiger partial charge is 0.204 e. The average Bonchev–Trinajstić information content (AvgIpc) is 2.23. The fourth-order valence-corrected chi connectivity index (χ4v) is 1.43. The van der Waals surface area contributed by atoms with Crippen LogP contribution in [0.25, 0.3) is 0 Å². The van der Waals surface area contributed by atoms with Crippen molar-refractivity contribution in [3.8, 4) is 0 Å². The van der Waals surface area contributed by atoms with Gasteiger partial charge < -0.3 is 5.73 Å². The fourth-order valence-electron chi connectivity index (χ4n) is 1.43. The third-order valence-corrected chi connectivity index (χ3v) is 1.99. The molecule has 0 spiro atoms. The maximum absolute atomic E-state index is 8.58. The van der Waals surface area contributed by atoms with E-state index in [4.69, 9.17) is 4.79 Å². The molecule has 1 heterocycles. The Bertz CT molecular complexity index is 249. The number of carbonyl (C=O) groups is 1. The van der Waals surface area contributed by atoms with Crippen LogP contribution in [-0.4, -0.2) is 11.4 Å². The molecule has 0 bridgehead atoms. The Morgan fingerprint density at radius 2 is 1.93 bits per heavy atom. The normalized spacial score (nSPS) is 8.93. The summed E-state index contributed by atoms with van der Waals surface area (Å²) in [6.45, 7) is 4.41. The molecule has 0 aromatic carbocycles. The molecule has 3 heteroatoms. The largest absolute Gasteiger partial charge is 0.372 e. The van der Waals surface area contributed by atoms with Gasteiger partial charge in [-0.15, -0.1) is 0 Å². The summed E-state index contributed by atoms with van der Waals surface area (Å²) in [5.74, 6) is 0. The Morgan fingerprint density at radius 3 is 2.47 bits per heavy atom. The molecule has 1 aromatic heterocycles. The summed E-state index contributed by atoms with van der Waals surface area (Å²) in [7, 11) is 0. The minimum absolute atomic E-state index is 0.250. The van der Waals surface area contributed by atoms with Crippen LogP contribution in [-0.2, 0) is 17.6 Å². The lowest BCUT2D eigenvalue weighted by atomic mass is 10.1. The predicted octanol–water partition coefficient (Wildman–Crippen LogP) is 2.09. The van der Waals surface area contributed by atoms with Crippen molar-refractivity contribution in [1.29, 1.82) is 0 Å². The van der Waals surface area contributed by atoms with Gasteiger partial charge in [0.1, 0.15) is 0 Å². The van der Waals surface area contributed by atoms with Crippen molar-refractivity contribution >= 4 is 6.41 Å². The van der Waals surface area contributed by atoms with Crippen LogP contribution < -0.4 is 5.73 Å². The lowest BCUT2D eigenvalue weighted by Gasteiger charge is -2.04. The molecule has 0 aliphatic rings. The van der Waals surface area contributed by atoms with E-state index in [0.717, 1.165) is 6.42 Å². The van der Waals surface area contributed by atoms with Gasteiger partial charge >= 0.3 is 0 Å². The molecule has 0 atom stereocenters. The summed E-state index contributed by atoms with van der Waals surface area (Å²) < 4.78 is 0.